The SMILES string of the molecule is COc1cccc(CNC(=O)N2CC3=C(C2)CN(S(=O)(=O)c2ccc4ncsc4c2)C3)c1. The molecule has 0 saturated carbocycles. The molecule has 0 saturated heterocycles. The van der Waals surface area contributed by atoms with E-state index < -0.39 is 10.0 Å². The van der Waals surface area contributed by atoms with E-state index in [2.05, 4.69) is 10.3 Å². The van der Waals surface area contributed by atoms with E-state index in [1.807, 2.05) is 24.3 Å². The summed E-state index contributed by atoms with van der Waals surface area (Å²) in [4.78, 5) is 18.8. The van der Waals surface area contributed by atoms with Crippen LogP contribution < -0.4 is 10.1 Å². The normalized spacial score (nSPS) is 16.6. The minimum atomic E-state index is -3.60. The standard InChI is InChI=1S/C22H22N4O4S2/c1-30-18-4-2-3-15(7-18)9-23-22(27)25-10-16-12-26(13-17(16)11-25)32(28,29)19-5-6-20-21(8-19)31-14-24-20/h2-8,14H,9-13H2,1H3,(H,23,27). The van der Waals surface area contributed by atoms with Gasteiger partial charge in [0.25, 0.3) is 0 Å². The van der Waals surface area contributed by atoms with E-state index in [0.29, 0.717) is 32.7 Å². The Labute approximate surface area is 190 Å². The molecule has 3 aromatic rings. The lowest BCUT2D eigenvalue weighted by Gasteiger charge is -2.23. The summed E-state index contributed by atoms with van der Waals surface area (Å²) >= 11 is 1.42. The van der Waals surface area contributed by atoms with Gasteiger partial charge in [0, 0.05) is 32.7 Å². The summed E-state index contributed by atoms with van der Waals surface area (Å²) in [7, 11) is -1.99. The Morgan fingerprint density at radius 1 is 1.12 bits per heavy atom. The highest BCUT2D eigenvalue weighted by Gasteiger charge is 2.37. The zero-order valence-electron chi connectivity index (χ0n) is 17.4. The lowest BCUT2D eigenvalue weighted by atomic mass is 10.2. The molecular formula is C22H22N4O4S2. The van der Waals surface area contributed by atoms with Crippen molar-refractivity contribution >= 4 is 37.6 Å². The first kappa shape index (κ1) is 20.9. The number of amides is 2. The highest BCUT2D eigenvalue weighted by atomic mass is 32.2. The largest absolute Gasteiger partial charge is 0.497 e. The van der Waals surface area contributed by atoms with Gasteiger partial charge in [-0.2, -0.15) is 4.31 Å². The number of ether oxygens (including phenoxy) is 1. The molecule has 1 N–H and O–H groups in total. The monoisotopic (exact) mass is 470 g/mol. The molecule has 1 aromatic heterocycles. The molecule has 5 rings (SSSR count). The van der Waals surface area contributed by atoms with E-state index in [0.717, 1.165) is 32.7 Å². The molecule has 2 aliphatic heterocycles. The smallest absolute Gasteiger partial charge is 0.318 e. The number of fused-ring (bicyclic) bond motifs is 1. The summed E-state index contributed by atoms with van der Waals surface area (Å²) in [5, 5.41) is 2.93. The molecule has 32 heavy (non-hydrogen) atoms. The number of carbonyl (C=O) groups is 1. The number of thiazole rings is 1. The molecule has 8 nitrogen and oxygen atoms in total. The molecule has 2 aromatic carbocycles. The van der Waals surface area contributed by atoms with Gasteiger partial charge >= 0.3 is 6.03 Å². The molecule has 166 valence electrons. The summed E-state index contributed by atoms with van der Waals surface area (Å²) in [5.74, 6) is 0.745. The molecule has 2 aliphatic rings. The summed E-state index contributed by atoms with van der Waals surface area (Å²) in [6.07, 6.45) is 0. The number of nitrogens with zero attached hydrogens (tertiary/aromatic N) is 3. The number of rotatable bonds is 5. The minimum absolute atomic E-state index is 0.160. The third-order valence-electron chi connectivity index (χ3n) is 5.80. The van der Waals surface area contributed by atoms with Crippen LogP contribution in [0.4, 0.5) is 4.79 Å². The first-order valence-electron chi connectivity index (χ1n) is 10.1. The number of nitrogens with one attached hydrogen (secondary N) is 1. The minimum Gasteiger partial charge on any atom is -0.497 e. The second-order valence-electron chi connectivity index (χ2n) is 7.83. The Morgan fingerprint density at radius 3 is 2.66 bits per heavy atom. The molecule has 2 amide bonds. The average molecular weight is 471 g/mol. The number of benzene rings is 2. The highest BCUT2D eigenvalue weighted by molar-refractivity contribution is 7.89. The van der Waals surface area contributed by atoms with E-state index >= 15 is 0 Å². The molecular weight excluding hydrogens is 448 g/mol. The lowest BCUT2D eigenvalue weighted by Crippen LogP contribution is -2.41. The average Bonchev–Trinajstić information content (AvgIpc) is 3.51. The van der Waals surface area contributed by atoms with Crippen molar-refractivity contribution in [1.82, 2.24) is 19.5 Å². The summed E-state index contributed by atoms with van der Waals surface area (Å²) in [6.45, 7) is 1.92. The molecule has 0 atom stereocenters. The predicted octanol–water partition coefficient (Wildman–Crippen LogP) is 2.83. The Morgan fingerprint density at radius 2 is 1.91 bits per heavy atom. The lowest BCUT2D eigenvalue weighted by molar-refractivity contribution is 0.208. The zero-order chi connectivity index (χ0) is 22.3. The Hall–Kier alpha value is -2.95. The number of urea groups is 1. The van der Waals surface area contributed by atoms with Gasteiger partial charge in [0.2, 0.25) is 10.0 Å². The number of sulfonamides is 1. The fourth-order valence-corrected chi connectivity index (χ4v) is 6.32. The van der Waals surface area contributed by atoms with Crippen LogP contribution in [-0.2, 0) is 16.6 Å². The van der Waals surface area contributed by atoms with Gasteiger partial charge in [-0.1, -0.05) is 12.1 Å². The molecule has 0 aliphatic carbocycles. The van der Waals surface area contributed by atoms with E-state index in [1.54, 1.807) is 35.7 Å². The van der Waals surface area contributed by atoms with Crippen molar-refractivity contribution in [3.05, 3.63) is 64.7 Å². The first-order chi connectivity index (χ1) is 15.4. The van der Waals surface area contributed by atoms with Crippen molar-refractivity contribution in [2.75, 3.05) is 33.3 Å². The van der Waals surface area contributed by atoms with Gasteiger partial charge in [0.15, 0.2) is 0 Å². The maximum absolute atomic E-state index is 13.1. The number of hydrogen-bond donors (Lipinski definition) is 1. The second kappa shape index (κ2) is 8.19. The zero-order valence-corrected chi connectivity index (χ0v) is 19.1. The third kappa shape index (κ3) is 3.85. The van der Waals surface area contributed by atoms with Crippen LogP contribution in [0.25, 0.3) is 10.2 Å². The topological polar surface area (TPSA) is 91.8 Å². The quantitative estimate of drug-likeness (QED) is 0.579. The summed E-state index contributed by atoms with van der Waals surface area (Å²) < 4.78 is 33.8. The van der Waals surface area contributed by atoms with Gasteiger partial charge < -0.3 is 15.0 Å². The fraction of sp³-hybridized carbons (Fsp3) is 0.273. The molecule has 0 bridgehead atoms. The van der Waals surface area contributed by atoms with Crippen LogP contribution in [0, 0.1) is 0 Å². The van der Waals surface area contributed by atoms with E-state index in [-0.39, 0.29) is 10.9 Å². The van der Waals surface area contributed by atoms with Crippen molar-refractivity contribution in [3.63, 3.8) is 0 Å². The van der Waals surface area contributed by atoms with Crippen molar-refractivity contribution < 1.29 is 17.9 Å². The Kier molecular flexibility index (Phi) is 5.36. The van der Waals surface area contributed by atoms with Crippen LogP contribution in [0.5, 0.6) is 5.75 Å². The fourth-order valence-electron chi connectivity index (χ4n) is 4.08. The van der Waals surface area contributed by atoms with Crippen molar-refractivity contribution in [1.29, 1.82) is 0 Å². The van der Waals surface area contributed by atoms with E-state index in [4.69, 9.17) is 4.74 Å². The van der Waals surface area contributed by atoms with Crippen LogP contribution in [-0.4, -0.2) is 61.9 Å². The Balaban J connectivity index is 1.19. The van der Waals surface area contributed by atoms with Gasteiger partial charge in [-0.3, -0.25) is 0 Å². The van der Waals surface area contributed by atoms with Gasteiger partial charge in [-0.25, -0.2) is 18.2 Å². The number of hydrogen-bond acceptors (Lipinski definition) is 6. The van der Waals surface area contributed by atoms with Gasteiger partial charge in [-0.15, -0.1) is 11.3 Å². The van der Waals surface area contributed by atoms with Crippen LogP contribution >= 0.6 is 11.3 Å². The predicted molar refractivity (Wildman–Crippen MR) is 122 cm³/mol. The molecule has 3 heterocycles. The van der Waals surface area contributed by atoms with E-state index in [9.17, 15) is 13.2 Å². The van der Waals surface area contributed by atoms with Crippen molar-refractivity contribution in [2.45, 2.75) is 11.4 Å². The summed E-state index contributed by atoms with van der Waals surface area (Å²) in [6, 6.07) is 12.4. The summed E-state index contributed by atoms with van der Waals surface area (Å²) in [5.41, 5.74) is 5.47. The maximum Gasteiger partial charge on any atom is 0.318 e. The van der Waals surface area contributed by atoms with Crippen molar-refractivity contribution in [2.24, 2.45) is 0 Å². The molecule has 10 heteroatoms. The maximum atomic E-state index is 13.1. The van der Waals surface area contributed by atoms with Crippen LogP contribution in [0.3, 0.4) is 0 Å². The van der Waals surface area contributed by atoms with Gasteiger partial charge in [0.05, 0.1) is 27.7 Å². The Bertz CT molecular complexity index is 1310. The van der Waals surface area contributed by atoms with Crippen LogP contribution in [0.2, 0.25) is 0 Å². The molecule has 0 fully saturated rings. The molecule has 0 spiro atoms. The molecule has 0 radical (unpaired) electrons. The highest BCUT2D eigenvalue weighted by Crippen LogP contribution is 2.31. The first-order valence-corrected chi connectivity index (χ1v) is 12.4. The van der Waals surface area contributed by atoms with Crippen LogP contribution in [0.1, 0.15) is 5.56 Å². The third-order valence-corrected chi connectivity index (χ3v) is 8.38. The number of carbonyl (C=O) groups excluding carboxylic acids is 1. The molecule has 0 unspecified atom stereocenters. The van der Waals surface area contributed by atoms with E-state index in [1.165, 1.54) is 15.6 Å². The van der Waals surface area contributed by atoms with Crippen LogP contribution in [0.15, 0.2) is 64.0 Å². The number of aromatic nitrogens is 1. The number of methoxy groups -OCH3 is 1. The van der Waals surface area contributed by atoms with Crippen molar-refractivity contribution in [3.8, 4) is 5.75 Å². The second-order valence-corrected chi connectivity index (χ2v) is 10.7. The van der Waals surface area contributed by atoms with Gasteiger partial charge in [0.1, 0.15) is 5.75 Å². The van der Waals surface area contributed by atoms with Gasteiger partial charge in [-0.05, 0) is 47.0 Å².